The summed E-state index contributed by atoms with van der Waals surface area (Å²) >= 11 is 0. The Labute approximate surface area is 158 Å². The SMILES string of the molecule is CC(C)Oc1cccc(/C=C/C(=O)Nc2ccc3c(c2)N(C)C(=O)CO3)c1. The molecule has 0 aromatic heterocycles. The minimum Gasteiger partial charge on any atom is -0.491 e. The van der Waals surface area contributed by atoms with Gasteiger partial charge in [0.05, 0.1) is 11.8 Å². The van der Waals surface area contributed by atoms with E-state index in [2.05, 4.69) is 5.32 Å². The highest BCUT2D eigenvalue weighted by atomic mass is 16.5. The van der Waals surface area contributed by atoms with Gasteiger partial charge >= 0.3 is 0 Å². The molecule has 0 aliphatic carbocycles. The number of nitrogens with one attached hydrogen (secondary N) is 1. The normalized spacial score (nSPS) is 13.5. The van der Waals surface area contributed by atoms with Crippen LogP contribution >= 0.6 is 0 Å². The van der Waals surface area contributed by atoms with E-state index >= 15 is 0 Å². The Bertz CT molecular complexity index is 890. The van der Waals surface area contributed by atoms with Crippen LogP contribution in [0.25, 0.3) is 6.08 Å². The molecule has 2 aromatic carbocycles. The van der Waals surface area contributed by atoms with E-state index in [-0.39, 0.29) is 24.5 Å². The van der Waals surface area contributed by atoms with Crippen molar-refractivity contribution < 1.29 is 19.1 Å². The van der Waals surface area contributed by atoms with Crippen molar-refractivity contribution in [3.05, 3.63) is 54.1 Å². The van der Waals surface area contributed by atoms with Crippen molar-refractivity contribution in [2.45, 2.75) is 20.0 Å². The van der Waals surface area contributed by atoms with Crippen LogP contribution in [0.4, 0.5) is 11.4 Å². The molecule has 0 saturated heterocycles. The number of nitrogens with zero attached hydrogens (tertiary/aromatic N) is 1. The summed E-state index contributed by atoms with van der Waals surface area (Å²) in [5.74, 6) is 0.979. The molecule has 1 aliphatic heterocycles. The molecule has 0 saturated carbocycles. The van der Waals surface area contributed by atoms with Crippen molar-refractivity contribution in [1.82, 2.24) is 0 Å². The molecule has 2 aromatic rings. The lowest BCUT2D eigenvalue weighted by Crippen LogP contribution is -2.35. The second-order valence-corrected chi connectivity index (χ2v) is 6.49. The zero-order valence-corrected chi connectivity index (χ0v) is 15.6. The molecule has 2 amide bonds. The smallest absolute Gasteiger partial charge is 0.264 e. The highest BCUT2D eigenvalue weighted by Gasteiger charge is 2.22. The van der Waals surface area contributed by atoms with Gasteiger partial charge < -0.3 is 19.7 Å². The quantitative estimate of drug-likeness (QED) is 0.823. The Kier molecular flexibility index (Phi) is 5.45. The van der Waals surface area contributed by atoms with Crippen molar-refractivity contribution in [2.24, 2.45) is 0 Å². The molecular weight excluding hydrogens is 344 g/mol. The van der Waals surface area contributed by atoms with Crippen LogP contribution in [0.3, 0.4) is 0 Å². The maximum Gasteiger partial charge on any atom is 0.264 e. The zero-order chi connectivity index (χ0) is 19.4. The van der Waals surface area contributed by atoms with Crippen molar-refractivity contribution in [2.75, 3.05) is 23.9 Å². The van der Waals surface area contributed by atoms with E-state index in [1.807, 2.05) is 38.1 Å². The van der Waals surface area contributed by atoms with Crippen LogP contribution < -0.4 is 19.7 Å². The maximum absolute atomic E-state index is 12.2. The molecule has 0 unspecified atom stereocenters. The van der Waals surface area contributed by atoms with Gasteiger partial charge in [0.15, 0.2) is 6.61 Å². The predicted octanol–water partition coefficient (Wildman–Crippen LogP) is 3.48. The van der Waals surface area contributed by atoms with Gasteiger partial charge in [0.1, 0.15) is 11.5 Å². The van der Waals surface area contributed by atoms with Gasteiger partial charge in [-0.05, 0) is 55.8 Å². The number of carbonyl (C=O) groups is 2. The summed E-state index contributed by atoms with van der Waals surface area (Å²) in [6.45, 7) is 3.95. The van der Waals surface area contributed by atoms with Crippen molar-refractivity contribution >= 4 is 29.3 Å². The molecule has 0 radical (unpaired) electrons. The van der Waals surface area contributed by atoms with Gasteiger partial charge in [-0.25, -0.2) is 0 Å². The lowest BCUT2D eigenvalue weighted by molar-refractivity contribution is -0.121. The monoisotopic (exact) mass is 366 g/mol. The number of hydrogen-bond donors (Lipinski definition) is 1. The number of amides is 2. The highest BCUT2D eigenvalue weighted by molar-refractivity contribution is 6.03. The summed E-state index contributed by atoms with van der Waals surface area (Å²) in [5, 5.41) is 2.79. The summed E-state index contributed by atoms with van der Waals surface area (Å²) in [7, 11) is 1.68. The first-order chi connectivity index (χ1) is 12.9. The average Bonchev–Trinajstić information content (AvgIpc) is 2.63. The lowest BCUT2D eigenvalue weighted by atomic mass is 10.2. The number of rotatable bonds is 5. The molecule has 6 heteroatoms. The number of likely N-dealkylation sites (N-methyl/N-ethyl adjacent to an activating group) is 1. The van der Waals surface area contributed by atoms with Crippen LogP contribution in [0.2, 0.25) is 0 Å². The van der Waals surface area contributed by atoms with Crippen LogP contribution in [0.15, 0.2) is 48.5 Å². The van der Waals surface area contributed by atoms with E-state index in [0.717, 1.165) is 11.3 Å². The van der Waals surface area contributed by atoms with Crippen LogP contribution in [0, 0.1) is 0 Å². The Hall–Kier alpha value is -3.28. The number of carbonyl (C=O) groups excluding carboxylic acids is 2. The third kappa shape index (κ3) is 4.67. The minimum atomic E-state index is -0.268. The topological polar surface area (TPSA) is 67.9 Å². The number of anilines is 2. The van der Waals surface area contributed by atoms with Gasteiger partial charge in [-0.2, -0.15) is 0 Å². The number of ether oxygens (including phenoxy) is 2. The average molecular weight is 366 g/mol. The van der Waals surface area contributed by atoms with Gasteiger partial charge in [0.25, 0.3) is 5.91 Å². The van der Waals surface area contributed by atoms with E-state index in [9.17, 15) is 9.59 Å². The summed E-state index contributed by atoms with van der Waals surface area (Å²) in [6, 6.07) is 12.7. The molecule has 1 heterocycles. The predicted molar refractivity (Wildman–Crippen MR) is 105 cm³/mol. The molecule has 27 heavy (non-hydrogen) atoms. The molecule has 6 nitrogen and oxygen atoms in total. The van der Waals surface area contributed by atoms with Gasteiger partial charge in [0.2, 0.25) is 5.91 Å². The molecule has 140 valence electrons. The largest absolute Gasteiger partial charge is 0.491 e. The first-order valence-corrected chi connectivity index (χ1v) is 8.71. The van der Waals surface area contributed by atoms with E-state index in [1.54, 1.807) is 31.3 Å². The zero-order valence-electron chi connectivity index (χ0n) is 15.6. The second-order valence-electron chi connectivity index (χ2n) is 6.49. The van der Waals surface area contributed by atoms with Gasteiger partial charge in [0, 0.05) is 18.8 Å². The summed E-state index contributed by atoms with van der Waals surface area (Å²) in [5.41, 5.74) is 2.09. The molecule has 3 rings (SSSR count). The van der Waals surface area contributed by atoms with Gasteiger partial charge in [-0.15, -0.1) is 0 Å². The number of hydrogen-bond acceptors (Lipinski definition) is 4. The Morgan fingerprint density at radius 2 is 2.07 bits per heavy atom. The third-order valence-corrected chi connectivity index (χ3v) is 3.97. The van der Waals surface area contributed by atoms with Crippen molar-refractivity contribution in [1.29, 1.82) is 0 Å². The molecule has 0 fully saturated rings. The van der Waals surface area contributed by atoms with Crippen LogP contribution in [0.1, 0.15) is 19.4 Å². The summed E-state index contributed by atoms with van der Waals surface area (Å²) in [4.78, 5) is 25.5. The molecule has 1 N–H and O–H groups in total. The fraction of sp³-hybridized carbons (Fsp3) is 0.238. The first kappa shape index (κ1) is 18.5. The first-order valence-electron chi connectivity index (χ1n) is 8.71. The fourth-order valence-electron chi connectivity index (χ4n) is 2.67. The van der Waals surface area contributed by atoms with Crippen molar-refractivity contribution in [3.8, 4) is 11.5 Å². The van der Waals surface area contributed by atoms with E-state index < -0.39 is 0 Å². The van der Waals surface area contributed by atoms with Gasteiger partial charge in [-0.3, -0.25) is 9.59 Å². The Balaban J connectivity index is 1.68. The fourth-order valence-corrected chi connectivity index (χ4v) is 2.67. The lowest BCUT2D eigenvalue weighted by Gasteiger charge is -2.26. The molecule has 0 spiro atoms. The molecule has 1 aliphatic rings. The van der Waals surface area contributed by atoms with E-state index in [0.29, 0.717) is 17.1 Å². The van der Waals surface area contributed by atoms with Crippen LogP contribution in [0.5, 0.6) is 11.5 Å². The highest BCUT2D eigenvalue weighted by Crippen LogP contribution is 2.33. The number of fused-ring (bicyclic) bond motifs is 1. The Morgan fingerprint density at radius 1 is 1.26 bits per heavy atom. The second kappa shape index (κ2) is 7.95. The van der Waals surface area contributed by atoms with Crippen molar-refractivity contribution in [3.63, 3.8) is 0 Å². The van der Waals surface area contributed by atoms with Crippen LogP contribution in [-0.2, 0) is 9.59 Å². The van der Waals surface area contributed by atoms with E-state index in [1.165, 1.54) is 11.0 Å². The third-order valence-electron chi connectivity index (χ3n) is 3.97. The molecule has 0 bridgehead atoms. The minimum absolute atomic E-state index is 0.0253. The molecule has 0 atom stereocenters. The maximum atomic E-state index is 12.2. The number of benzene rings is 2. The summed E-state index contributed by atoms with van der Waals surface area (Å²) in [6.07, 6.45) is 3.27. The van der Waals surface area contributed by atoms with Crippen LogP contribution in [-0.4, -0.2) is 31.6 Å². The summed E-state index contributed by atoms with van der Waals surface area (Å²) < 4.78 is 11.0. The Morgan fingerprint density at radius 3 is 2.85 bits per heavy atom. The van der Waals surface area contributed by atoms with E-state index in [4.69, 9.17) is 9.47 Å². The molecular formula is C21H22N2O4. The standard InChI is InChI=1S/C21H22N2O4/c1-14(2)27-17-6-4-5-15(11-17)7-10-20(24)22-16-8-9-19-18(12-16)23(3)21(25)13-26-19/h4-12,14H,13H2,1-3H3,(H,22,24)/b10-7+. The van der Waals surface area contributed by atoms with Gasteiger partial charge in [-0.1, -0.05) is 12.1 Å².